The third-order valence-corrected chi connectivity index (χ3v) is 5.38. The van der Waals surface area contributed by atoms with Crippen LogP contribution in [0.3, 0.4) is 0 Å². The van der Waals surface area contributed by atoms with Crippen LogP contribution in [-0.2, 0) is 0 Å². The number of unbranched alkanes of at least 4 members (excludes halogenated alkanes) is 13. The van der Waals surface area contributed by atoms with Gasteiger partial charge in [-0.1, -0.05) is 143 Å². The normalized spacial score (nSPS) is 12.7. The van der Waals surface area contributed by atoms with Gasteiger partial charge in [-0.05, 0) is 5.92 Å². The molecule has 0 N–H and O–H groups in total. The van der Waals surface area contributed by atoms with Crippen molar-refractivity contribution in [2.24, 2.45) is 5.92 Å². The Bertz CT molecular complexity index is 196. The lowest BCUT2D eigenvalue weighted by atomic mass is 9.91. The molecule has 0 rings (SSSR count). The van der Waals surface area contributed by atoms with Crippen LogP contribution in [0, 0.1) is 5.92 Å². The van der Waals surface area contributed by atoms with E-state index in [0.29, 0.717) is 0 Å². The van der Waals surface area contributed by atoms with E-state index in [9.17, 15) is 0 Å². The molecule has 0 saturated carbocycles. The molecule has 0 heterocycles. The fraction of sp³-hybridized carbons (Fsp3) is 1.00. The first-order valence-electron chi connectivity index (χ1n) is 11.3. The quantitative estimate of drug-likeness (QED) is 0.208. The molecule has 0 nitrogen and oxygen atoms in total. The van der Waals surface area contributed by atoms with Gasteiger partial charge in [-0.2, -0.15) is 0 Å². The van der Waals surface area contributed by atoms with E-state index >= 15 is 0 Å². The molecular formula is C23H48. The third-order valence-electron chi connectivity index (χ3n) is 5.38. The van der Waals surface area contributed by atoms with Crippen LogP contribution in [0.1, 0.15) is 143 Å². The van der Waals surface area contributed by atoms with Gasteiger partial charge in [-0.25, -0.2) is 0 Å². The molecule has 0 aliphatic carbocycles. The number of rotatable bonds is 19. The molecule has 23 heavy (non-hydrogen) atoms. The van der Waals surface area contributed by atoms with E-state index in [2.05, 4.69) is 20.8 Å². The second-order valence-corrected chi connectivity index (χ2v) is 7.83. The smallest absolute Gasteiger partial charge is 0.0414 e. The highest BCUT2D eigenvalue weighted by molar-refractivity contribution is 4.60. The van der Waals surface area contributed by atoms with Gasteiger partial charge in [-0.3, -0.25) is 0 Å². The van der Waals surface area contributed by atoms with E-state index in [-0.39, 0.29) is 0 Å². The molecule has 0 fully saturated rings. The molecule has 0 amide bonds. The van der Waals surface area contributed by atoms with Crippen LogP contribution in [0.2, 0.25) is 0 Å². The molecule has 0 aromatic heterocycles. The maximum atomic E-state index is 2.35. The van der Waals surface area contributed by atoms with Crippen LogP contribution in [0.25, 0.3) is 0 Å². The summed E-state index contributed by atoms with van der Waals surface area (Å²) in [5.41, 5.74) is 0. The highest BCUT2D eigenvalue weighted by Gasteiger charge is 2.06. The average Bonchev–Trinajstić information content (AvgIpc) is 2.56. The Morgan fingerprint density at radius 3 is 1.17 bits per heavy atom. The molecule has 0 aromatic carbocycles. The van der Waals surface area contributed by atoms with Crippen LogP contribution >= 0.6 is 0 Å². The first kappa shape index (κ1) is 23.0. The minimum atomic E-state index is 1.03. The molecule has 1 atom stereocenters. The van der Waals surface area contributed by atoms with Gasteiger partial charge in [-0.15, -0.1) is 0 Å². The summed E-state index contributed by atoms with van der Waals surface area (Å²) in [6.07, 6.45) is 27.8. The van der Waals surface area contributed by atoms with Crippen LogP contribution in [0.15, 0.2) is 0 Å². The SMILES string of the molecule is CCCCCCCCCCCCCCCC(CCC)CCCC. The van der Waals surface area contributed by atoms with Gasteiger partial charge < -0.3 is 0 Å². The molecule has 0 radical (unpaired) electrons. The summed E-state index contributed by atoms with van der Waals surface area (Å²) in [5, 5.41) is 0. The zero-order chi connectivity index (χ0) is 17.0. The molecule has 0 aliphatic heterocycles. The van der Waals surface area contributed by atoms with Crippen molar-refractivity contribution in [2.45, 2.75) is 143 Å². The molecule has 0 aromatic rings. The van der Waals surface area contributed by atoms with E-state index in [1.54, 1.807) is 0 Å². The minimum Gasteiger partial charge on any atom is -0.0654 e. The predicted octanol–water partition coefficient (Wildman–Crippen LogP) is 9.07. The summed E-state index contributed by atoms with van der Waals surface area (Å²) >= 11 is 0. The zero-order valence-electron chi connectivity index (χ0n) is 17.0. The summed E-state index contributed by atoms with van der Waals surface area (Å²) in [6, 6.07) is 0. The van der Waals surface area contributed by atoms with Crippen molar-refractivity contribution in [1.82, 2.24) is 0 Å². The van der Waals surface area contributed by atoms with Gasteiger partial charge in [0.15, 0.2) is 0 Å². The first-order chi connectivity index (χ1) is 11.3. The Labute approximate surface area is 149 Å². The van der Waals surface area contributed by atoms with Gasteiger partial charge >= 0.3 is 0 Å². The van der Waals surface area contributed by atoms with Crippen molar-refractivity contribution in [1.29, 1.82) is 0 Å². The van der Waals surface area contributed by atoms with E-state index in [0.717, 1.165) is 5.92 Å². The van der Waals surface area contributed by atoms with Gasteiger partial charge in [0.05, 0.1) is 0 Å². The van der Waals surface area contributed by atoms with Gasteiger partial charge in [0.25, 0.3) is 0 Å². The van der Waals surface area contributed by atoms with Crippen molar-refractivity contribution in [2.75, 3.05) is 0 Å². The maximum absolute atomic E-state index is 2.35. The number of hydrogen-bond acceptors (Lipinski definition) is 0. The molecule has 140 valence electrons. The maximum Gasteiger partial charge on any atom is -0.0414 e. The summed E-state index contributed by atoms with van der Waals surface area (Å²) in [7, 11) is 0. The average molecular weight is 325 g/mol. The highest BCUT2D eigenvalue weighted by atomic mass is 14.1. The molecule has 0 heteroatoms. The standard InChI is InChI=1S/C23H48/c1-4-7-9-10-11-12-13-14-15-16-17-18-19-22-23(20-6-3)21-8-5-2/h23H,4-22H2,1-3H3. The van der Waals surface area contributed by atoms with Gasteiger partial charge in [0.2, 0.25) is 0 Å². The summed E-state index contributed by atoms with van der Waals surface area (Å²) in [4.78, 5) is 0. The van der Waals surface area contributed by atoms with Crippen LogP contribution < -0.4 is 0 Å². The first-order valence-corrected chi connectivity index (χ1v) is 11.3. The van der Waals surface area contributed by atoms with E-state index in [1.807, 2.05) is 0 Å². The highest BCUT2D eigenvalue weighted by Crippen LogP contribution is 2.22. The van der Waals surface area contributed by atoms with Crippen LogP contribution in [0.4, 0.5) is 0 Å². The Kier molecular flexibility index (Phi) is 20.0. The molecule has 0 saturated heterocycles. The van der Waals surface area contributed by atoms with Crippen molar-refractivity contribution in [3.05, 3.63) is 0 Å². The van der Waals surface area contributed by atoms with Gasteiger partial charge in [0.1, 0.15) is 0 Å². The predicted molar refractivity (Wildman–Crippen MR) is 108 cm³/mol. The Morgan fingerprint density at radius 2 is 0.739 bits per heavy atom. The Hall–Kier alpha value is 0. The monoisotopic (exact) mass is 324 g/mol. The topological polar surface area (TPSA) is 0 Å². The molecular weight excluding hydrogens is 276 g/mol. The zero-order valence-corrected chi connectivity index (χ0v) is 17.0. The molecule has 0 bridgehead atoms. The Balaban J connectivity index is 3.22. The second-order valence-electron chi connectivity index (χ2n) is 7.83. The summed E-state index contributed by atoms with van der Waals surface area (Å²) in [5.74, 6) is 1.03. The lowest BCUT2D eigenvalue weighted by Crippen LogP contribution is -2.00. The minimum absolute atomic E-state index is 1.03. The van der Waals surface area contributed by atoms with Crippen LogP contribution in [0.5, 0.6) is 0 Å². The molecule has 1 unspecified atom stereocenters. The fourth-order valence-corrected chi connectivity index (χ4v) is 3.78. The van der Waals surface area contributed by atoms with Crippen LogP contribution in [-0.4, -0.2) is 0 Å². The van der Waals surface area contributed by atoms with Crippen molar-refractivity contribution in [3.63, 3.8) is 0 Å². The lowest BCUT2D eigenvalue weighted by Gasteiger charge is -2.15. The lowest BCUT2D eigenvalue weighted by molar-refractivity contribution is 0.383. The summed E-state index contributed by atoms with van der Waals surface area (Å²) in [6.45, 7) is 6.98. The van der Waals surface area contributed by atoms with Crippen molar-refractivity contribution in [3.8, 4) is 0 Å². The van der Waals surface area contributed by atoms with Gasteiger partial charge in [0, 0.05) is 0 Å². The fourth-order valence-electron chi connectivity index (χ4n) is 3.78. The molecule has 0 spiro atoms. The third kappa shape index (κ3) is 18.2. The van der Waals surface area contributed by atoms with E-state index in [4.69, 9.17) is 0 Å². The van der Waals surface area contributed by atoms with E-state index < -0.39 is 0 Å². The molecule has 0 aliphatic rings. The second kappa shape index (κ2) is 20.0. The van der Waals surface area contributed by atoms with Crippen molar-refractivity contribution < 1.29 is 0 Å². The van der Waals surface area contributed by atoms with Crippen molar-refractivity contribution >= 4 is 0 Å². The number of hydrogen-bond donors (Lipinski definition) is 0. The summed E-state index contributed by atoms with van der Waals surface area (Å²) < 4.78 is 0. The Morgan fingerprint density at radius 1 is 0.348 bits per heavy atom. The van der Waals surface area contributed by atoms with E-state index in [1.165, 1.54) is 122 Å². The largest absolute Gasteiger partial charge is 0.0654 e.